The number of halogens is 3. The second kappa shape index (κ2) is 4.83. The van der Waals surface area contributed by atoms with E-state index in [1.165, 1.54) is 0 Å². The number of rotatable bonds is 2. The molecule has 3 nitrogen and oxygen atoms in total. The molecule has 0 aromatic carbocycles. The summed E-state index contributed by atoms with van der Waals surface area (Å²) in [6.07, 6.45) is -4.00. The molecule has 1 aliphatic rings. The molecule has 0 amide bonds. The first kappa shape index (κ1) is 12.3. The van der Waals surface area contributed by atoms with Gasteiger partial charge in [0.25, 0.3) is 0 Å². The van der Waals surface area contributed by atoms with Crippen LogP contribution in [0.5, 0.6) is 0 Å². The van der Waals surface area contributed by atoms with E-state index in [2.05, 4.69) is 5.32 Å². The fraction of sp³-hybridized carbons (Fsp3) is 0.889. The number of ether oxygens (including phenoxy) is 1. The molecular weight excluding hydrogens is 211 g/mol. The van der Waals surface area contributed by atoms with Gasteiger partial charge >= 0.3 is 12.1 Å². The molecule has 88 valence electrons. The smallest absolute Gasteiger partial charge is 0.393 e. The van der Waals surface area contributed by atoms with E-state index < -0.39 is 24.1 Å². The minimum absolute atomic E-state index is 0.0139. The van der Waals surface area contributed by atoms with Gasteiger partial charge in [-0.3, -0.25) is 4.79 Å². The maximum atomic E-state index is 12.3. The second-order valence-corrected chi connectivity index (χ2v) is 3.53. The Morgan fingerprint density at radius 1 is 1.47 bits per heavy atom. The molecule has 0 bridgehead atoms. The van der Waals surface area contributed by atoms with E-state index in [0.717, 1.165) is 0 Å². The predicted octanol–water partition coefficient (Wildman–Crippen LogP) is 1.48. The summed E-state index contributed by atoms with van der Waals surface area (Å²) < 4.78 is 41.5. The largest absolute Gasteiger partial charge is 0.465 e. The third-order valence-electron chi connectivity index (χ3n) is 2.45. The molecule has 2 atom stereocenters. The van der Waals surface area contributed by atoms with Crippen LogP contribution in [0.2, 0.25) is 0 Å². The number of carbonyl (C=O) groups is 1. The van der Waals surface area contributed by atoms with Crippen molar-refractivity contribution in [2.75, 3.05) is 13.2 Å². The molecular formula is C9H14F3NO2. The van der Waals surface area contributed by atoms with Gasteiger partial charge in [0.05, 0.1) is 12.5 Å². The molecule has 1 N–H and O–H groups in total. The summed E-state index contributed by atoms with van der Waals surface area (Å²) in [4.78, 5) is 11.2. The van der Waals surface area contributed by atoms with E-state index in [1.807, 2.05) is 0 Å². The van der Waals surface area contributed by atoms with Gasteiger partial charge in [0, 0.05) is 6.54 Å². The highest BCUT2D eigenvalue weighted by molar-refractivity contribution is 5.75. The Morgan fingerprint density at radius 3 is 2.53 bits per heavy atom. The average molecular weight is 225 g/mol. The molecule has 0 aliphatic carbocycles. The first-order valence-corrected chi connectivity index (χ1v) is 4.92. The van der Waals surface area contributed by atoms with E-state index in [0.29, 0.717) is 0 Å². The van der Waals surface area contributed by atoms with Gasteiger partial charge < -0.3 is 10.1 Å². The second-order valence-electron chi connectivity index (χ2n) is 3.53. The topological polar surface area (TPSA) is 38.3 Å². The molecule has 0 unspecified atom stereocenters. The summed E-state index contributed by atoms with van der Waals surface area (Å²) in [6, 6.07) is -0.580. The van der Waals surface area contributed by atoms with Gasteiger partial charge in [0.1, 0.15) is 6.04 Å². The highest BCUT2D eigenvalue weighted by Gasteiger charge is 2.42. The first-order chi connectivity index (χ1) is 6.95. The van der Waals surface area contributed by atoms with Crippen LogP contribution in [0.4, 0.5) is 13.2 Å². The minimum atomic E-state index is -4.17. The minimum Gasteiger partial charge on any atom is -0.465 e. The number of esters is 1. The summed E-state index contributed by atoms with van der Waals surface area (Å²) in [7, 11) is 0. The predicted molar refractivity (Wildman–Crippen MR) is 47.2 cm³/mol. The van der Waals surface area contributed by atoms with Gasteiger partial charge in [0.15, 0.2) is 0 Å². The molecule has 15 heavy (non-hydrogen) atoms. The first-order valence-electron chi connectivity index (χ1n) is 4.92. The van der Waals surface area contributed by atoms with Crippen molar-refractivity contribution < 1.29 is 22.7 Å². The third-order valence-corrected chi connectivity index (χ3v) is 2.45. The summed E-state index contributed by atoms with van der Waals surface area (Å²) in [5.74, 6) is -1.80. The SMILES string of the molecule is CCOC(=O)[C@@H]1CC[C@H](C(F)(F)F)CN1. The zero-order valence-electron chi connectivity index (χ0n) is 8.43. The number of carbonyl (C=O) groups excluding carboxylic acids is 1. The average Bonchev–Trinajstić information content (AvgIpc) is 2.17. The quantitative estimate of drug-likeness (QED) is 0.723. The zero-order chi connectivity index (χ0) is 11.5. The van der Waals surface area contributed by atoms with Crippen molar-refractivity contribution in [3.05, 3.63) is 0 Å². The van der Waals surface area contributed by atoms with Crippen LogP contribution in [0.3, 0.4) is 0 Å². The maximum Gasteiger partial charge on any atom is 0.393 e. The molecule has 0 aromatic heterocycles. The van der Waals surface area contributed by atoms with Crippen LogP contribution in [-0.2, 0) is 9.53 Å². The van der Waals surface area contributed by atoms with Gasteiger partial charge in [-0.05, 0) is 19.8 Å². The van der Waals surface area contributed by atoms with E-state index in [-0.39, 0.29) is 26.0 Å². The van der Waals surface area contributed by atoms with Crippen molar-refractivity contribution in [3.63, 3.8) is 0 Å². The Bertz CT molecular complexity index is 222. The Hall–Kier alpha value is -0.780. The fourth-order valence-corrected chi connectivity index (χ4v) is 1.58. The van der Waals surface area contributed by atoms with E-state index in [4.69, 9.17) is 4.74 Å². The molecule has 0 saturated carbocycles. The van der Waals surface area contributed by atoms with Gasteiger partial charge in [-0.2, -0.15) is 13.2 Å². The van der Waals surface area contributed by atoms with Crippen LogP contribution in [0, 0.1) is 5.92 Å². The van der Waals surface area contributed by atoms with Gasteiger partial charge in [-0.15, -0.1) is 0 Å². The van der Waals surface area contributed by atoms with E-state index >= 15 is 0 Å². The number of hydrogen-bond acceptors (Lipinski definition) is 3. The van der Waals surface area contributed by atoms with Crippen LogP contribution in [0.25, 0.3) is 0 Å². The lowest BCUT2D eigenvalue weighted by Crippen LogP contribution is -2.48. The van der Waals surface area contributed by atoms with Gasteiger partial charge in [-0.1, -0.05) is 0 Å². The molecule has 0 aromatic rings. The molecule has 1 rings (SSSR count). The molecule has 6 heteroatoms. The van der Waals surface area contributed by atoms with Crippen molar-refractivity contribution in [1.82, 2.24) is 5.32 Å². The van der Waals surface area contributed by atoms with Crippen LogP contribution in [-0.4, -0.2) is 31.3 Å². The molecule has 0 radical (unpaired) electrons. The highest BCUT2D eigenvalue weighted by Crippen LogP contribution is 2.31. The lowest BCUT2D eigenvalue weighted by molar-refractivity contribution is -0.182. The van der Waals surface area contributed by atoms with Crippen LogP contribution < -0.4 is 5.32 Å². The van der Waals surface area contributed by atoms with Crippen molar-refractivity contribution in [3.8, 4) is 0 Å². The van der Waals surface area contributed by atoms with Gasteiger partial charge in [0.2, 0.25) is 0 Å². The normalized spacial score (nSPS) is 27.5. The molecule has 1 aliphatic heterocycles. The zero-order valence-corrected chi connectivity index (χ0v) is 8.43. The van der Waals surface area contributed by atoms with E-state index in [1.54, 1.807) is 6.92 Å². The summed E-state index contributed by atoms with van der Waals surface area (Å²) in [5.41, 5.74) is 0. The summed E-state index contributed by atoms with van der Waals surface area (Å²) in [5, 5.41) is 2.57. The molecule has 0 spiro atoms. The molecule has 1 fully saturated rings. The Morgan fingerprint density at radius 2 is 2.13 bits per heavy atom. The van der Waals surface area contributed by atoms with Crippen LogP contribution >= 0.6 is 0 Å². The molecule has 1 heterocycles. The number of piperidine rings is 1. The maximum absolute atomic E-state index is 12.3. The number of alkyl halides is 3. The van der Waals surface area contributed by atoms with Crippen molar-refractivity contribution >= 4 is 5.97 Å². The van der Waals surface area contributed by atoms with Crippen molar-refractivity contribution in [2.45, 2.75) is 32.0 Å². The number of hydrogen-bond donors (Lipinski definition) is 1. The lowest BCUT2D eigenvalue weighted by Gasteiger charge is -2.29. The lowest BCUT2D eigenvalue weighted by atomic mass is 9.94. The third kappa shape index (κ3) is 3.37. The summed E-state index contributed by atoms with van der Waals surface area (Å²) in [6.45, 7) is 1.71. The van der Waals surface area contributed by atoms with Crippen molar-refractivity contribution in [1.29, 1.82) is 0 Å². The summed E-state index contributed by atoms with van der Waals surface area (Å²) >= 11 is 0. The highest BCUT2D eigenvalue weighted by atomic mass is 19.4. The Balaban J connectivity index is 2.39. The molecule has 1 saturated heterocycles. The Kier molecular flexibility index (Phi) is 3.96. The van der Waals surface area contributed by atoms with E-state index in [9.17, 15) is 18.0 Å². The number of nitrogens with one attached hydrogen (secondary N) is 1. The van der Waals surface area contributed by atoms with Crippen molar-refractivity contribution in [2.24, 2.45) is 5.92 Å². The standard InChI is InChI=1S/C9H14F3NO2/c1-2-15-8(14)7-4-3-6(5-13-7)9(10,11)12/h6-7,13H,2-5H2,1H3/t6-,7-/m0/s1. The van der Waals surface area contributed by atoms with Gasteiger partial charge in [-0.25, -0.2) is 0 Å². The van der Waals surface area contributed by atoms with Crippen LogP contribution in [0.1, 0.15) is 19.8 Å². The monoisotopic (exact) mass is 225 g/mol. The fourth-order valence-electron chi connectivity index (χ4n) is 1.58. The Labute approximate surface area is 86.0 Å². The van der Waals surface area contributed by atoms with Crippen LogP contribution in [0.15, 0.2) is 0 Å².